The largest absolute Gasteiger partial charge is 0.388 e. The first-order valence-electron chi connectivity index (χ1n) is 6.97. The molecule has 0 fully saturated rings. The normalized spacial score (nSPS) is 13.8. The molecule has 0 atom stereocenters. The van der Waals surface area contributed by atoms with Crippen molar-refractivity contribution in [3.63, 3.8) is 0 Å². The second kappa shape index (κ2) is 5.37. The number of anilines is 2. The van der Waals surface area contributed by atoms with Crippen LogP contribution >= 0.6 is 0 Å². The first-order chi connectivity index (χ1) is 9.79. The average Bonchev–Trinajstić information content (AvgIpc) is 2.54. The van der Waals surface area contributed by atoms with Gasteiger partial charge >= 0.3 is 0 Å². The summed E-state index contributed by atoms with van der Waals surface area (Å²) < 4.78 is 0. The Morgan fingerprint density at radius 1 is 1.15 bits per heavy atom. The van der Waals surface area contributed by atoms with Crippen LogP contribution in [0.4, 0.5) is 11.4 Å². The highest BCUT2D eigenvalue weighted by Crippen LogP contribution is 2.31. The summed E-state index contributed by atoms with van der Waals surface area (Å²) in [7, 11) is 1.90. The van der Waals surface area contributed by atoms with Gasteiger partial charge in [0.05, 0.1) is 0 Å². The van der Waals surface area contributed by atoms with E-state index in [-0.39, 0.29) is 5.91 Å². The summed E-state index contributed by atoms with van der Waals surface area (Å²) >= 11 is 0. The van der Waals surface area contributed by atoms with Crippen LogP contribution in [0.2, 0.25) is 0 Å². The van der Waals surface area contributed by atoms with E-state index in [2.05, 4.69) is 23.5 Å². The Labute approximate surface area is 119 Å². The maximum atomic E-state index is 12.7. The average molecular weight is 266 g/mol. The molecule has 0 bridgehead atoms. The van der Waals surface area contributed by atoms with Crippen molar-refractivity contribution in [2.75, 3.05) is 23.8 Å². The van der Waals surface area contributed by atoms with Gasteiger partial charge in [0.2, 0.25) is 0 Å². The Balaban J connectivity index is 1.99. The van der Waals surface area contributed by atoms with Crippen molar-refractivity contribution in [2.24, 2.45) is 0 Å². The Morgan fingerprint density at radius 3 is 2.70 bits per heavy atom. The lowest BCUT2D eigenvalue weighted by atomic mass is 10.00. The topological polar surface area (TPSA) is 32.3 Å². The van der Waals surface area contributed by atoms with Gasteiger partial charge in [-0.2, -0.15) is 0 Å². The molecule has 0 radical (unpaired) electrons. The number of amides is 1. The third kappa shape index (κ3) is 2.27. The maximum Gasteiger partial charge on any atom is 0.258 e. The number of benzene rings is 2. The van der Waals surface area contributed by atoms with Crippen LogP contribution in [0.1, 0.15) is 22.3 Å². The molecule has 0 saturated carbocycles. The Kier molecular flexibility index (Phi) is 3.42. The van der Waals surface area contributed by atoms with Crippen molar-refractivity contribution in [1.82, 2.24) is 0 Å². The van der Waals surface area contributed by atoms with Gasteiger partial charge in [-0.15, -0.1) is 0 Å². The minimum absolute atomic E-state index is 0.0832. The van der Waals surface area contributed by atoms with Crippen LogP contribution in [0.25, 0.3) is 0 Å². The number of carbonyl (C=O) groups excluding carboxylic acids is 1. The van der Waals surface area contributed by atoms with Crippen molar-refractivity contribution in [2.45, 2.75) is 12.8 Å². The lowest BCUT2D eigenvalue weighted by Gasteiger charge is -2.30. The molecule has 2 aromatic carbocycles. The lowest BCUT2D eigenvalue weighted by Crippen LogP contribution is -2.35. The first kappa shape index (κ1) is 12.7. The van der Waals surface area contributed by atoms with E-state index < -0.39 is 0 Å². The highest BCUT2D eigenvalue weighted by atomic mass is 16.2. The van der Waals surface area contributed by atoms with Crippen LogP contribution in [0, 0.1) is 0 Å². The van der Waals surface area contributed by atoms with Gasteiger partial charge in [-0.25, -0.2) is 0 Å². The van der Waals surface area contributed by atoms with Gasteiger partial charge in [0.15, 0.2) is 0 Å². The summed E-state index contributed by atoms with van der Waals surface area (Å²) in [6.45, 7) is 0.786. The van der Waals surface area contributed by atoms with Crippen LogP contribution in [-0.2, 0) is 6.42 Å². The quantitative estimate of drug-likeness (QED) is 0.904. The number of rotatable bonds is 2. The van der Waals surface area contributed by atoms with Gasteiger partial charge in [-0.05, 0) is 42.7 Å². The van der Waals surface area contributed by atoms with Gasteiger partial charge in [-0.1, -0.05) is 24.3 Å². The zero-order valence-electron chi connectivity index (χ0n) is 11.6. The van der Waals surface area contributed by atoms with E-state index in [0.717, 1.165) is 36.3 Å². The summed E-state index contributed by atoms with van der Waals surface area (Å²) in [5.41, 5.74) is 4.07. The molecule has 2 aromatic rings. The van der Waals surface area contributed by atoms with Crippen molar-refractivity contribution >= 4 is 17.3 Å². The fourth-order valence-electron chi connectivity index (χ4n) is 2.68. The fourth-order valence-corrected chi connectivity index (χ4v) is 2.68. The number of hydrogen-bond donors (Lipinski definition) is 1. The van der Waals surface area contributed by atoms with Gasteiger partial charge < -0.3 is 10.2 Å². The predicted octanol–water partition coefficient (Wildman–Crippen LogP) is 3.32. The molecule has 3 heteroatoms. The smallest absolute Gasteiger partial charge is 0.258 e. The molecule has 3 rings (SSSR count). The van der Waals surface area contributed by atoms with E-state index in [1.165, 1.54) is 5.56 Å². The lowest BCUT2D eigenvalue weighted by molar-refractivity contribution is 0.0985. The summed E-state index contributed by atoms with van der Waals surface area (Å²) in [5, 5.41) is 3.14. The third-order valence-corrected chi connectivity index (χ3v) is 3.76. The van der Waals surface area contributed by atoms with Crippen molar-refractivity contribution in [3.8, 4) is 0 Å². The van der Waals surface area contributed by atoms with Crippen molar-refractivity contribution in [3.05, 3.63) is 59.7 Å². The number of hydrogen-bond acceptors (Lipinski definition) is 2. The van der Waals surface area contributed by atoms with Crippen LogP contribution in [0.3, 0.4) is 0 Å². The van der Waals surface area contributed by atoms with Crippen LogP contribution in [0.5, 0.6) is 0 Å². The number of nitrogens with one attached hydrogen (secondary N) is 1. The highest BCUT2D eigenvalue weighted by Gasteiger charge is 2.23. The number of carbonyl (C=O) groups is 1. The maximum absolute atomic E-state index is 12.7. The van der Waals surface area contributed by atoms with Gasteiger partial charge in [0.25, 0.3) is 5.91 Å². The number of nitrogens with zero attached hydrogens (tertiary/aromatic N) is 1. The van der Waals surface area contributed by atoms with Crippen molar-refractivity contribution in [1.29, 1.82) is 0 Å². The van der Waals surface area contributed by atoms with Crippen LogP contribution < -0.4 is 10.2 Å². The first-order valence-corrected chi connectivity index (χ1v) is 6.97. The molecule has 102 valence electrons. The molecule has 1 aliphatic heterocycles. The van der Waals surface area contributed by atoms with E-state index in [0.29, 0.717) is 0 Å². The zero-order chi connectivity index (χ0) is 13.9. The van der Waals surface area contributed by atoms with Crippen LogP contribution in [-0.4, -0.2) is 19.5 Å². The minimum Gasteiger partial charge on any atom is -0.388 e. The summed E-state index contributed by atoms with van der Waals surface area (Å²) in [5.74, 6) is 0.0832. The molecule has 1 aliphatic rings. The van der Waals surface area contributed by atoms with Crippen molar-refractivity contribution < 1.29 is 4.79 Å². The van der Waals surface area contributed by atoms with Gasteiger partial charge in [0, 0.05) is 30.5 Å². The molecule has 1 N–H and O–H groups in total. The zero-order valence-corrected chi connectivity index (χ0v) is 11.6. The predicted molar refractivity (Wildman–Crippen MR) is 82.4 cm³/mol. The van der Waals surface area contributed by atoms with E-state index in [1.54, 1.807) is 0 Å². The molecule has 0 aliphatic carbocycles. The Bertz CT molecular complexity index is 622. The van der Waals surface area contributed by atoms with E-state index in [1.807, 2.05) is 42.3 Å². The SMILES string of the molecule is CNc1ccc2c(c1)N(C(=O)c1ccccc1)CCC2. The summed E-state index contributed by atoms with van der Waals surface area (Å²) in [6, 6.07) is 15.7. The molecule has 20 heavy (non-hydrogen) atoms. The molecular formula is C17H18N2O. The minimum atomic E-state index is 0.0832. The van der Waals surface area contributed by atoms with E-state index >= 15 is 0 Å². The standard InChI is InChI=1S/C17H18N2O/c1-18-15-10-9-13-8-5-11-19(16(13)12-15)17(20)14-6-3-2-4-7-14/h2-4,6-7,9-10,12,18H,5,8,11H2,1H3. The van der Waals surface area contributed by atoms with Crippen LogP contribution in [0.15, 0.2) is 48.5 Å². The monoisotopic (exact) mass is 266 g/mol. The fraction of sp³-hybridized carbons (Fsp3) is 0.235. The second-order valence-corrected chi connectivity index (χ2v) is 5.02. The molecule has 0 unspecified atom stereocenters. The Hall–Kier alpha value is -2.29. The van der Waals surface area contributed by atoms with Gasteiger partial charge in [-0.3, -0.25) is 4.79 Å². The number of fused-ring (bicyclic) bond motifs is 1. The molecule has 1 amide bonds. The molecule has 0 saturated heterocycles. The molecule has 0 spiro atoms. The molecule has 1 heterocycles. The van der Waals surface area contributed by atoms with E-state index in [9.17, 15) is 4.79 Å². The highest BCUT2D eigenvalue weighted by molar-refractivity contribution is 6.07. The van der Waals surface area contributed by atoms with Gasteiger partial charge in [0.1, 0.15) is 0 Å². The number of aryl methyl sites for hydroxylation is 1. The third-order valence-electron chi connectivity index (χ3n) is 3.76. The molecule has 0 aromatic heterocycles. The summed E-state index contributed by atoms with van der Waals surface area (Å²) in [6.07, 6.45) is 2.06. The summed E-state index contributed by atoms with van der Waals surface area (Å²) in [4.78, 5) is 14.6. The molecule has 3 nitrogen and oxygen atoms in total. The Morgan fingerprint density at radius 2 is 1.95 bits per heavy atom. The van der Waals surface area contributed by atoms with E-state index in [4.69, 9.17) is 0 Å². The molecular weight excluding hydrogens is 248 g/mol. The second-order valence-electron chi connectivity index (χ2n) is 5.02.